The van der Waals surface area contributed by atoms with E-state index in [0.29, 0.717) is 25.3 Å². The Balaban J connectivity index is 1.05. The SMILES string of the molecule is CC12CNC(C1)C2C(=O)OCCCCCOC(=O)C1C2CC1(C)CN2. The molecule has 4 bridgehead atoms. The lowest BCUT2D eigenvalue weighted by Gasteiger charge is -2.41. The molecule has 6 aliphatic rings. The third kappa shape index (κ3) is 2.87. The average Bonchev–Trinajstić information content (AvgIpc) is 3.25. The van der Waals surface area contributed by atoms with Gasteiger partial charge in [-0.15, -0.1) is 0 Å². The van der Waals surface area contributed by atoms with Gasteiger partial charge < -0.3 is 20.1 Å². The predicted octanol–water partition coefficient (Wildman–Crippen LogP) is 1.24. The highest BCUT2D eigenvalue weighted by atomic mass is 16.5. The van der Waals surface area contributed by atoms with Gasteiger partial charge in [-0.25, -0.2) is 0 Å². The van der Waals surface area contributed by atoms with E-state index in [1.165, 1.54) is 0 Å². The van der Waals surface area contributed by atoms with Gasteiger partial charge in [0.05, 0.1) is 25.0 Å². The van der Waals surface area contributed by atoms with Crippen LogP contribution in [0.4, 0.5) is 0 Å². The fraction of sp³-hybridized carbons (Fsp3) is 0.895. The number of carbonyl (C=O) groups excluding carboxylic acids is 2. The molecule has 2 saturated carbocycles. The third-order valence-electron chi connectivity index (χ3n) is 7.00. The Morgan fingerprint density at radius 2 is 1.28 bits per heavy atom. The monoisotopic (exact) mass is 350 g/mol. The van der Waals surface area contributed by atoms with E-state index in [0.717, 1.165) is 45.2 Å². The average molecular weight is 350 g/mol. The van der Waals surface area contributed by atoms with E-state index in [-0.39, 0.29) is 34.6 Å². The van der Waals surface area contributed by atoms with Gasteiger partial charge in [-0.2, -0.15) is 0 Å². The molecular weight excluding hydrogens is 320 g/mol. The number of fused-ring (bicyclic) bond motifs is 2. The lowest BCUT2D eigenvalue weighted by molar-refractivity contribution is -0.158. The molecule has 0 spiro atoms. The summed E-state index contributed by atoms with van der Waals surface area (Å²) in [4.78, 5) is 24.3. The van der Waals surface area contributed by atoms with Crippen LogP contribution in [0.5, 0.6) is 0 Å². The van der Waals surface area contributed by atoms with E-state index in [2.05, 4.69) is 24.5 Å². The summed E-state index contributed by atoms with van der Waals surface area (Å²) in [5.74, 6) is -0.00434. The van der Waals surface area contributed by atoms with Crippen LogP contribution in [0.15, 0.2) is 0 Å². The molecule has 6 unspecified atom stereocenters. The zero-order valence-corrected chi connectivity index (χ0v) is 15.3. The maximum absolute atomic E-state index is 12.1. The van der Waals surface area contributed by atoms with Crippen molar-refractivity contribution in [2.24, 2.45) is 22.7 Å². The van der Waals surface area contributed by atoms with Crippen molar-refractivity contribution in [2.45, 2.75) is 58.0 Å². The standard InChI is InChI=1S/C19H30N2O4/c1-18-8-12(20-10-18)14(18)16(22)24-6-4-3-5-7-25-17(23)15-13-9-19(15,2)11-21-13/h12-15,20-21H,3-11H2,1-2H3. The highest BCUT2D eigenvalue weighted by molar-refractivity contribution is 5.77. The number of hydrogen-bond donors (Lipinski definition) is 2. The molecule has 4 heterocycles. The Morgan fingerprint density at radius 3 is 1.60 bits per heavy atom. The largest absolute Gasteiger partial charge is 0.465 e. The van der Waals surface area contributed by atoms with E-state index in [1.807, 2.05) is 0 Å². The van der Waals surface area contributed by atoms with Crippen LogP contribution in [0.25, 0.3) is 0 Å². The summed E-state index contributed by atoms with van der Waals surface area (Å²) in [6, 6.07) is 0.658. The molecular formula is C19H30N2O4. The fourth-order valence-electron chi connectivity index (χ4n) is 5.42. The topological polar surface area (TPSA) is 76.7 Å². The molecule has 6 fully saturated rings. The number of nitrogens with one attached hydrogen (secondary N) is 2. The van der Waals surface area contributed by atoms with Gasteiger partial charge in [0.15, 0.2) is 0 Å². The van der Waals surface area contributed by atoms with E-state index >= 15 is 0 Å². The Labute approximate surface area is 149 Å². The first-order chi connectivity index (χ1) is 11.9. The summed E-state index contributed by atoms with van der Waals surface area (Å²) in [7, 11) is 0. The minimum absolute atomic E-state index is 0.0428. The molecule has 4 saturated heterocycles. The molecule has 6 nitrogen and oxygen atoms in total. The molecule has 0 amide bonds. The third-order valence-corrected chi connectivity index (χ3v) is 7.00. The second-order valence-corrected chi connectivity index (χ2v) is 9.04. The van der Waals surface area contributed by atoms with Gasteiger partial charge in [0, 0.05) is 25.2 Å². The molecule has 4 aliphatic heterocycles. The van der Waals surface area contributed by atoms with Crippen LogP contribution >= 0.6 is 0 Å². The molecule has 0 radical (unpaired) electrons. The number of ether oxygens (including phenoxy) is 2. The van der Waals surface area contributed by atoms with Gasteiger partial charge in [-0.3, -0.25) is 9.59 Å². The van der Waals surface area contributed by atoms with Gasteiger partial charge in [0.2, 0.25) is 0 Å². The van der Waals surface area contributed by atoms with Crippen molar-refractivity contribution < 1.29 is 19.1 Å². The highest BCUT2D eigenvalue weighted by Crippen LogP contribution is 2.52. The Kier molecular flexibility index (Phi) is 4.31. The maximum atomic E-state index is 12.1. The predicted molar refractivity (Wildman–Crippen MR) is 91.8 cm³/mol. The van der Waals surface area contributed by atoms with Crippen molar-refractivity contribution in [3.05, 3.63) is 0 Å². The molecule has 25 heavy (non-hydrogen) atoms. The minimum Gasteiger partial charge on any atom is -0.465 e. The maximum Gasteiger partial charge on any atom is 0.311 e. The summed E-state index contributed by atoms with van der Waals surface area (Å²) in [6.45, 7) is 7.12. The quantitative estimate of drug-likeness (QED) is 0.507. The van der Waals surface area contributed by atoms with E-state index in [1.54, 1.807) is 0 Å². The van der Waals surface area contributed by atoms with Crippen LogP contribution in [0.2, 0.25) is 0 Å². The first-order valence-corrected chi connectivity index (χ1v) is 9.73. The molecule has 140 valence electrons. The summed E-state index contributed by atoms with van der Waals surface area (Å²) in [5.41, 5.74) is 0.227. The summed E-state index contributed by atoms with van der Waals surface area (Å²) >= 11 is 0. The molecule has 6 rings (SSSR count). The van der Waals surface area contributed by atoms with E-state index in [9.17, 15) is 9.59 Å². The number of unbranched alkanes of at least 4 members (excludes halogenated alkanes) is 2. The van der Waals surface area contributed by atoms with Crippen LogP contribution in [0.3, 0.4) is 0 Å². The molecule has 2 N–H and O–H groups in total. The first-order valence-electron chi connectivity index (χ1n) is 9.73. The van der Waals surface area contributed by atoms with Crippen molar-refractivity contribution in [3.8, 4) is 0 Å². The van der Waals surface area contributed by atoms with Crippen LogP contribution in [0, 0.1) is 22.7 Å². The van der Waals surface area contributed by atoms with E-state index < -0.39 is 0 Å². The van der Waals surface area contributed by atoms with Crippen molar-refractivity contribution in [2.75, 3.05) is 26.3 Å². The number of carbonyl (C=O) groups is 2. The fourth-order valence-corrected chi connectivity index (χ4v) is 5.42. The van der Waals surface area contributed by atoms with Gasteiger partial charge in [-0.1, -0.05) is 13.8 Å². The van der Waals surface area contributed by atoms with Crippen molar-refractivity contribution in [3.63, 3.8) is 0 Å². The van der Waals surface area contributed by atoms with Gasteiger partial charge in [0.1, 0.15) is 0 Å². The van der Waals surface area contributed by atoms with E-state index in [4.69, 9.17) is 9.47 Å². The normalized spacial score (nSPS) is 43.3. The zero-order valence-electron chi connectivity index (χ0n) is 15.3. The Hall–Kier alpha value is -1.14. The second-order valence-electron chi connectivity index (χ2n) is 9.04. The summed E-state index contributed by atoms with van der Waals surface area (Å²) < 4.78 is 10.9. The molecule has 0 aromatic heterocycles. The van der Waals surface area contributed by atoms with Crippen molar-refractivity contribution in [1.82, 2.24) is 10.6 Å². The molecule has 6 heteroatoms. The van der Waals surface area contributed by atoms with Gasteiger partial charge >= 0.3 is 11.9 Å². The Morgan fingerprint density at radius 1 is 0.840 bits per heavy atom. The minimum atomic E-state index is -0.0450. The van der Waals surface area contributed by atoms with Crippen molar-refractivity contribution in [1.29, 1.82) is 0 Å². The lowest BCUT2D eigenvalue weighted by Crippen LogP contribution is -2.49. The molecule has 6 atom stereocenters. The van der Waals surface area contributed by atoms with Crippen LogP contribution < -0.4 is 10.6 Å². The number of hydrogen-bond acceptors (Lipinski definition) is 6. The first kappa shape index (κ1) is 17.3. The van der Waals surface area contributed by atoms with Gasteiger partial charge in [-0.05, 0) is 42.9 Å². The lowest BCUT2D eigenvalue weighted by atomic mass is 9.62. The van der Waals surface area contributed by atoms with Crippen LogP contribution in [0.1, 0.15) is 46.0 Å². The zero-order chi connectivity index (χ0) is 17.7. The second kappa shape index (κ2) is 6.23. The Bertz CT molecular complexity index is 512. The van der Waals surface area contributed by atoms with Gasteiger partial charge in [0.25, 0.3) is 0 Å². The highest BCUT2D eigenvalue weighted by Gasteiger charge is 2.61. The molecule has 0 aromatic rings. The molecule has 0 aromatic carbocycles. The number of esters is 2. The number of rotatable bonds is 8. The van der Waals surface area contributed by atoms with Crippen molar-refractivity contribution >= 4 is 11.9 Å². The smallest absolute Gasteiger partial charge is 0.311 e. The van der Waals surface area contributed by atoms with Crippen LogP contribution in [-0.4, -0.2) is 50.3 Å². The molecule has 2 aliphatic carbocycles. The van der Waals surface area contributed by atoms with Crippen LogP contribution in [-0.2, 0) is 19.1 Å². The summed E-state index contributed by atoms with van der Waals surface area (Å²) in [6.07, 6.45) is 4.75. The summed E-state index contributed by atoms with van der Waals surface area (Å²) in [5, 5.41) is 6.74.